The van der Waals surface area contributed by atoms with Crippen LogP contribution >= 0.6 is 15.9 Å². The highest BCUT2D eigenvalue weighted by Gasteiger charge is 2.16. The molecule has 0 spiro atoms. The summed E-state index contributed by atoms with van der Waals surface area (Å²) in [4.78, 5) is 34.4. The molecule has 126 valence electrons. The molecule has 0 saturated carbocycles. The van der Waals surface area contributed by atoms with Gasteiger partial charge in [-0.1, -0.05) is 22.0 Å². The van der Waals surface area contributed by atoms with Crippen molar-refractivity contribution in [2.24, 2.45) is 0 Å². The van der Waals surface area contributed by atoms with Crippen LogP contribution in [-0.2, 0) is 14.3 Å². The zero-order valence-corrected chi connectivity index (χ0v) is 14.7. The van der Waals surface area contributed by atoms with Gasteiger partial charge in [-0.15, -0.1) is 0 Å². The number of urea groups is 1. The molecule has 0 aliphatic carbocycles. The number of imide groups is 1. The minimum Gasteiger partial charge on any atom is -0.482 e. The van der Waals surface area contributed by atoms with Crippen molar-refractivity contribution in [3.8, 4) is 5.75 Å². The molecule has 23 heavy (non-hydrogen) atoms. The molecule has 8 heteroatoms. The second kappa shape index (κ2) is 8.52. The molecular weight excluding hydrogens is 368 g/mol. The van der Waals surface area contributed by atoms with Crippen molar-refractivity contribution in [1.82, 2.24) is 10.6 Å². The Labute approximate surface area is 142 Å². The van der Waals surface area contributed by atoms with Gasteiger partial charge in [-0.05, 0) is 39.0 Å². The van der Waals surface area contributed by atoms with E-state index >= 15 is 0 Å². The highest BCUT2D eigenvalue weighted by molar-refractivity contribution is 9.10. The summed E-state index contributed by atoms with van der Waals surface area (Å²) in [6.45, 7) is 4.43. The van der Waals surface area contributed by atoms with Crippen LogP contribution in [0.3, 0.4) is 0 Å². The number of hydrogen-bond acceptors (Lipinski definition) is 5. The van der Waals surface area contributed by atoms with Crippen molar-refractivity contribution < 1.29 is 23.9 Å². The lowest BCUT2D eigenvalue weighted by atomic mass is 10.1. The standard InChI is InChI=1S/C15H19BrN2O5/c1-15(2,3)18-14(21)17-12(19)8-23-13(20)9-22-11-6-4-5-10(16)7-11/h4-7H,8-9H2,1-3H3,(H2,17,18,19,21). The average Bonchev–Trinajstić information content (AvgIpc) is 2.40. The zero-order valence-electron chi connectivity index (χ0n) is 13.1. The maximum atomic E-state index is 11.5. The van der Waals surface area contributed by atoms with Crippen molar-refractivity contribution in [2.75, 3.05) is 13.2 Å². The van der Waals surface area contributed by atoms with E-state index in [1.54, 1.807) is 39.0 Å². The van der Waals surface area contributed by atoms with Gasteiger partial charge in [0.25, 0.3) is 5.91 Å². The molecule has 1 rings (SSSR count). The Kier molecular flexibility index (Phi) is 7.02. The SMILES string of the molecule is CC(C)(C)NC(=O)NC(=O)COC(=O)COc1cccc(Br)c1. The number of rotatable bonds is 5. The van der Waals surface area contributed by atoms with Crippen molar-refractivity contribution in [3.63, 3.8) is 0 Å². The monoisotopic (exact) mass is 386 g/mol. The molecule has 2 N–H and O–H groups in total. The van der Waals surface area contributed by atoms with Gasteiger partial charge in [0.1, 0.15) is 5.75 Å². The van der Waals surface area contributed by atoms with Gasteiger partial charge in [0.2, 0.25) is 0 Å². The molecule has 3 amide bonds. The molecule has 1 aromatic carbocycles. The number of carbonyl (C=O) groups excluding carboxylic acids is 3. The van der Waals surface area contributed by atoms with Crippen LogP contribution in [0.1, 0.15) is 20.8 Å². The van der Waals surface area contributed by atoms with Crippen LogP contribution in [0.25, 0.3) is 0 Å². The average molecular weight is 387 g/mol. The summed E-state index contributed by atoms with van der Waals surface area (Å²) in [7, 11) is 0. The Balaban J connectivity index is 2.27. The fraction of sp³-hybridized carbons (Fsp3) is 0.400. The van der Waals surface area contributed by atoms with Gasteiger partial charge in [-0.3, -0.25) is 10.1 Å². The van der Waals surface area contributed by atoms with Gasteiger partial charge in [-0.2, -0.15) is 0 Å². The number of hydrogen-bond donors (Lipinski definition) is 2. The molecule has 0 saturated heterocycles. The summed E-state index contributed by atoms with van der Waals surface area (Å²) in [6.07, 6.45) is 0. The van der Waals surface area contributed by atoms with Gasteiger partial charge in [0.15, 0.2) is 13.2 Å². The third-order valence-corrected chi connectivity index (χ3v) is 2.75. The first-order chi connectivity index (χ1) is 10.7. The highest BCUT2D eigenvalue weighted by Crippen LogP contribution is 2.17. The molecule has 7 nitrogen and oxygen atoms in total. The smallest absolute Gasteiger partial charge is 0.344 e. The number of esters is 1. The van der Waals surface area contributed by atoms with Crippen LogP contribution in [0.4, 0.5) is 4.79 Å². The van der Waals surface area contributed by atoms with E-state index in [9.17, 15) is 14.4 Å². The van der Waals surface area contributed by atoms with Gasteiger partial charge in [-0.25, -0.2) is 9.59 Å². The summed E-state index contributed by atoms with van der Waals surface area (Å²) < 4.78 is 10.7. The normalized spacial score (nSPS) is 10.6. The lowest BCUT2D eigenvalue weighted by molar-refractivity contribution is -0.150. The summed E-state index contributed by atoms with van der Waals surface area (Å²) >= 11 is 3.28. The van der Waals surface area contributed by atoms with Crippen molar-refractivity contribution in [2.45, 2.75) is 26.3 Å². The first kappa shape index (κ1) is 19.0. The van der Waals surface area contributed by atoms with E-state index < -0.39 is 30.1 Å². The maximum absolute atomic E-state index is 11.5. The Morgan fingerprint density at radius 2 is 1.87 bits per heavy atom. The quantitative estimate of drug-likeness (QED) is 0.754. The maximum Gasteiger partial charge on any atom is 0.344 e. The molecule has 0 aromatic heterocycles. The Hall–Kier alpha value is -2.09. The van der Waals surface area contributed by atoms with Crippen LogP contribution in [0.15, 0.2) is 28.7 Å². The molecule has 1 aromatic rings. The molecule has 0 fully saturated rings. The second-order valence-electron chi connectivity index (χ2n) is 5.66. The van der Waals surface area contributed by atoms with Crippen LogP contribution in [0.2, 0.25) is 0 Å². The zero-order chi connectivity index (χ0) is 17.5. The molecule has 0 radical (unpaired) electrons. The third-order valence-electron chi connectivity index (χ3n) is 2.26. The van der Waals surface area contributed by atoms with E-state index in [1.165, 1.54) is 0 Å². The molecule has 0 unspecified atom stereocenters. The lowest BCUT2D eigenvalue weighted by Gasteiger charge is -2.20. The minimum absolute atomic E-state index is 0.335. The first-order valence-corrected chi connectivity index (χ1v) is 7.61. The molecule has 0 heterocycles. The fourth-order valence-corrected chi connectivity index (χ4v) is 1.80. The van der Waals surface area contributed by atoms with Crippen molar-refractivity contribution in [3.05, 3.63) is 28.7 Å². The van der Waals surface area contributed by atoms with E-state index in [-0.39, 0.29) is 6.61 Å². The predicted octanol–water partition coefficient (Wildman–Crippen LogP) is 2.00. The fourth-order valence-electron chi connectivity index (χ4n) is 1.42. The van der Waals surface area contributed by atoms with Gasteiger partial charge < -0.3 is 14.8 Å². The Bertz CT molecular complexity index is 583. The lowest BCUT2D eigenvalue weighted by Crippen LogP contribution is -2.49. The number of halogens is 1. The summed E-state index contributed by atoms with van der Waals surface area (Å²) in [6, 6.07) is 6.30. The van der Waals surface area contributed by atoms with Crippen LogP contribution < -0.4 is 15.4 Å². The van der Waals surface area contributed by atoms with Crippen LogP contribution in [-0.4, -0.2) is 36.7 Å². The first-order valence-electron chi connectivity index (χ1n) is 6.82. The number of ether oxygens (including phenoxy) is 2. The number of nitrogens with one attached hydrogen (secondary N) is 2. The third kappa shape index (κ3) is 8.82. The molecule has 0 bridgehead atoms. The van der Waals surface area contributed by atoms with Gasteiger partial charge >= 0.3 is 12.0 Å². The second-order valence-corrected chi connectivity index (χ2v) is 6.57. The summed E-state index contributed by atoms with van der Waals surface area (Å²) in [5.41, 5.74) is -0.473. The Morgan fingerprint density at radius 3 is 2.48 bits per heavy atom. The Morgan fingerprint density at radius 1 is 1.17 bits per heavy atom. The topological polar surface area (TPSA) is 93.7 Å². The van der Waals surface area contributed by atoms with Crippen LogP contribution in [0.5, 0.6) is 5.75 Å². The number of amides is 3. The largest absolute Gasteiger partial charge is 0.482 e. The van der Waals surface area contributed by atoms with E-state index in [1.807, 2.05) is 6.07 Å². The predicted molar refractivity (Wildman–Crippen MR) is 87.0 cm³/mol. The summed E-state index contributed by atoms with van der Waals surface area (Å²) in [5.74, 6) is -0.941. The highest BCUT2D eigenvalue weighted by atomic mass is 79.9. The number of benzene rings is 1. The molecule has 0 aliphatic rings. The number of carbonyl (C=O) groups is 3. The van der Waals surface area contributed by atoms with Crippen molar-refractivity contribution in [1.29, 1.82) is 0 Å². The molecular formula is C15H19BrN2O5. The van der Waals surface area contributed by atoms with Crippen molar-refractivity contribution >= 4 is 33.8 Å². The molecule has 0 atom stereocenters. The van der Waals surface area contributed by atoms with Gasteiger partial charge in [0.05, 0.1) is 0 Å². The molecule has 0 aliphatic heterocycles. The summed E-state index contributed by atoms with van der Waals surface area (Å²) in [5, 5.41) is 4.61. The van der Waals surface area contributed by atoms with E-state index in [2.05, 4.69) is 26.6 Å². The van der Waals surface area contributed by atoms with E-state index in [0.29, 0.717) is 5.75 Å². The van der Waals surface area contributed by atoms with E-state index in [0.717, 1.165) is 4.47 Å². The minimum atomic E-state index is -0.720. The van der Waals surface area contributed by atoms with E-state index in [4.69, 9.17) is 9.47 Å². The van der Waals surface area contributed by atoms with Crippen LogP contribution in [0, 0.1) is 0 Å². The van der Waals surface area contributed by atoms with Gasteiger partial charge in [0, 0.05) is 10.0 Å².